The molecule has 0 spiro atoms. The van der Waals surface area contributed by atoms with E-state index in [9.17, 15) is 4.79 Å². The van der Waals surface area contributed by atoms with E-state index in [2.05, 4.69) is 15.5 Å². The number of hydrogen-bond acceptors (Lipinski definition) is 8. The average Bonchev–Trinajstić information content (AvgIpc) is 3.21. The summed E-state index contributed by atoms with van der Waals surface area (Å²) in [5, 5.41) is 10.4. The number of carbonyl (C=O) groups is 1. The van der Waals surface area contributed by atoms with Crippen molar-refractivity contribution in [3.05, 3.63) is 42.5 Å². The number of benzene rings is 2. The highest BCUT2D eigenvalue weighted by atomic mass is 16.6. The predicted octanol–water partition coefficient (Wildman–Crippen LogP) is 2.29. The first-order valence-electron chi connectivity index (χ1n) is 8.69. The quantitative estimate of drug-likeness (QED) is 0.737. The number of carbonyl (C=O) groups excluding carboxylic acids is 1. The Morgan fingerprint density at radius 1 is 0.929 bits per heavy atom. The second kappa shape index (κ2) is 6.76. The van der Waals surface area contributed by atoms with Crippen LogP contribution < -0.4 is 24.3 Å². The smallest absolute Gasteiger partial charge is 0.322 e. The van der Waals surface area contributed by atoms with Crippen LogP contribution in [0, 0.1) is 0 Å². The van der Waals surface area contributed by atoms with Gasteiger partial charge in [-0.05, 0) is 30.3 Å². The number of anilines is 1. The van der Waals surface area contributed by atoms with Crippen molar-refractivity contribution >= 4 is 11.9 Å². The zero-order chi connectivity index (χ0) is 18.9. The van der Waals surface area contributed by atoms with Crippen LogP contribution in [0.15, 0.2) is 46.9 Å². The Labute approximate surface area is 159 Å². The number of para-hydroxylation sites is 2. The van der Waals surface area contributed by atoms with E-state index < -0.39 is 12.0 Å². The van der Waals surface area contributed by atoms with Gasteiger partial charge in [-0.1, -0.05) is 17.2 Å². The van der Waals surface area contributed by atoms with Crippen LogP contribution in [0.25, 0.3) is 11.5 Å². The zero-order valence-electron chi connectivity index (χ0n) is 14.6. The minimum atomic E-state index is -0.820. The third kappa shape index (κ3) is 3.07. The second-order valence-corrected chi connectivity index (χ2v) is 6.12. The van der Waals surface area contributed by atoms with Gasteiger partial charge in [-0.3, -0.25) is 10.1 Å². The summed E-state index contributed by atoms with van der Waals surface area (Å²) in [5.41, 5.74) is 0.656. The fraction of sp³-hybridized carbons (Fsp3) is 0.211. The van der Waals surface area contributed by atoms with Crippen LogP contribution in [0.1, 0.15) is 0 Å². The fourth-order valence-electron chi connectivity index (χ4n) is 2.90. The number of aromatic nitrogens is 2. The third-order valence-corrected chi connectivity index (χ3v) is 4.25. The van der Waals surface area contributed by atoms with E-state index in [-0.39, 0.29) is 18.5 Å². The third-order valence-electron chi connectivity index (χ3n) is 4.25. The Bertz CT molecular complexity index is 1030. The van der Waals surface area contributed by atoms with Gasteiger partial charge in [-0.2, -0.15) is 0 Å². The molecule has 9 nitrogen and oxygen atoms in total. The number of hydrogen-bond donors (Lipinski definition) is 1. The molecule has 0 aliphatic carbocycles. The van der Waals surface area contributed by atoms with Crippen LogP contribution in [0.4, 0.5) is 6.01 Å². The summed E-state index contributed by atoms with van der Waals surface area (Å²) in [6.45, 7) is 1.08. The molecule has 2 aromatic carbocycles. The maximum atomic E-state index is 12.4. The summed E-state index contributed by atoms with van der Waals surface area (Å²) in [4.78, 5) is 12.4. The Kier molecular flexibility index (Phi) is 3.97. The van der Waals surface area contributed by atoms with Crippen LogP contribution in [0.2, 0.25) is 0 Å². The molecule has 0 radical (unpaired) electrons. The summed E-state index contributed by atoms with van der Waals surface area (Å²) in [5.74, 6) is 2.20. The Morgan fingerprint density at radius 3 is 2.61 bits per heavy atom. The van der Waals surface area contributed by atoms with Crippen molar-refractivity contribution in [2.75, 3.05) is 25.1 Å². The van der Waals surface area contributed by atoms with Gasteiger partial charge in [0.25, 0.3) is 5.91 Å². The Morgan fingerprint density at radius 2 is 1.71 bits per heavy atom. The molecule has 9 heteroatoms. The van der Waals surface area contributed by atoms with Gasteiger partial charge in [0.2, 0.25) is 12.0 Å². The maximum Gasteiger partial charge on any atom is 0.322 e. The summed E-state index contributed by atoms with van der Waals surface area (Å²) in [6.07, 6.45) is -0.820. The summed E-state index contributed by atoms with van der Waals surface area (Å²) in [7, 11) is 0. The van der Waals surface area contributed by atoms with Crippen molar-refractivity contribution in [2.24, 2.45) is 0 Å². The minimum Gasteiger partial charge on any atom is -0.486 e. The summed E-state index contributed by atoms with van der Waals surface area (Å²) >= 11 is 0. The van der Waals surface area contributed by atoms with Gasteiger partial charge in [0.1, 0.15) is 19.8 Å². The monoisotopic (exact) mass is 381 g/mol. The molecule has 1 unspecified atom stereocenters. The maximum absolute atomic E-state index is 12.4. The van der Waals surface area contributed by atoms with Crippen LogP contribution >= 0.6 is 0 Å². The van der Waals surface area contributed by atoms with E-state index >= 15 is 0 Å². The van der Waals surface area contributed by atoms with Crippen molar-refractivity contribution in [1.82, 2.24) is 10.2 Å². The summed E-state index contributed by atoms with van der Waals surface area (Å²) in [6, 6.07) is 12.4. The molecule has 0 saturated carbocycles. The lowest BCUT2D eigenvalue weighted by atomic mass is 10.2. The number of nitrogens with one attached hydrogen (secondary N) is 1. The highest BCUT2D eigenvalue weighted by molar-refractivity contribution is 5.93. The first kappa shape index (κ1) is 16.4. The molecule has 3 heterocycles. The number of fused-ring (bicyclic) bond motifs is 2. The molecule has 1 N–H and O–H groups in total. The molecule has 0 fully saturated rings. The van der Waals surface area contributed by atoms with E-state index in [1.807, 2.05) is 6.07 Å². The van der Waals surface area contributed by atoms with Gasteiger partial charge in [0, 0.05) is 5.56 Å². The summed E-state index contributed by atoms with van der Waals surface area (Å²) < 4.78 is 27.8. The Balaban J connectivity index is 1.29. The molecule has 28 heavy (non-hydrogen) atoms. The van der Waals surface area contributed by atoms with Gasteiger partial charge in [0.05, 0.1) is 0 Å². The molecule has 0 bridgehead atoms. The molecule has 1 aromatic heterocycles. The van der Waals surface area contributed by atoms with Crippen molar-refractivity contribution < 1.29 is 28.2 Å². The van der Waals surface area contributed by atoms with Gasteiger partial charge in [-0.15, -0.1) is 5.10 Å². The highest BCUT2D eigenvalue weighted by Crippen LogP contribution is 2.34. The van der Waals surface area contributed by atoms with E-state index in [0.717, 1.165) is 0 Å². The van der Waals surface area contributed by atoms with Crippen LogP contribution in [0.5, 0.6) is 23.0 Å². The molecular formula is C19H15N3O6. The lowest BCUT2D eigenvalue weighted by Gasteiger charge is -2.24. The molecule has 2 aliphatic heterocycles. The van der Waals surface area contributed by atoms with Crippen molar-refractivity contribution in [3.8, 4) is 34.5 Å². The number of ether oxygens (including phenoxy) is 4. The predicted molar refractivity (Wildman–Crippen MR) is 95.7 cm³/mol. The fourth-order valence-corrected chi connectivity index (χ4v) is 2.90. The first-order chi connectivity index (χ1) is 13.8. The van der Waals surface area contributed by atoms with Gasteiger partial charge in [0.15, 0.2) is 23.0 Å². The van der Waals surface area contributed by atoms with Crippen LogP contribution in [-0.4, -0.2) is 42.0 Å². The second-order valence-electron chi connectivity index (χ2n) is 6.12. The van der Waals surface area contributed by atoms with Gasteiger partial charge >= 0.3 is 6.01 Å². The van der Waals surface area contributed by atoms with Crippen molar-refractivity contribution in [3.63, 3.8) is 0 Å². The first-order valence-corrected chi connectivity index (χ1v) is 8.69. The lowest BCUT2D eigenvalue weighted by molar-refractivity contribution is -0.125. The van der Waals surface area contributed by atoms with Crippen LogP contribution in [0.3, 0.4) is 0 Å². The van der Waals surface area contributed by atoms with E-state index in [4.69, 9.17) is 23.4 Å². The largest absolute Gasteiger partial charge is 0.486 e. The number of nitrogens with zero attached hydrogens (tertiary/aromatic N) is 2. The molecule has 5 rings (SSSR count). The van der Waals surface area contributed by atoms with Crippen molar-refractivity contribution in [2.45, 2.75) is 6.10 Å². The van der Waals surface area contributed by atoms with Crippen LogP contribution in [-0.2, 0) is 4.79 Å². The normalized spacial score (nSPS) is 17.1. The molecule has 3 aromatic rings. The van der Waals surface area contributed by atoms with Crippen molar-refractivity contribution in [1.29, 1.82) is 0 Å². The minimum absolute atomic E-state index is 0.0302. The molecule has 1 amide bonds. The number of rotatable bonds is 3. The van der Waals surface area contributed by atoms with E-state index in [1.54, 1.807) is 36.4 Å². The number of amides is 1. The van der Waals surface area contributed by atoms with E-state index in [0.29, 0.717) is 41.8 Å². The molecule has 0 saturated heterocycles. The SMILES string of the molecule is O=C(Nc1nnc(-c2ccc3c(c2)OCCO3)o1)C1COc2ccccc2O1. The Hall–Kier alpha value is -3.75. The average molecular weight is 381 g/mol. The topological polar surface area (TPSA) is 105 Å². The molecule has 142 valence electrons. The molecule has 1 atom stereocenters. The highest BCUT2D eigenvalue weighted by Gasteiger charge is 2.28. The molecular weight excluding hydrogens is 366 g/mol. The van der Waals surface area contributed by atoms with Gasteiger partial charge < -0.3 is 23.4 Å². The van der Waals surface area contributed by atoms with E-state index in [1.165, 1.54) is 0 Å². The lowest BCUT2D eigenvalue weighted by Crippen LogP contribution is -2.40. The zero-order valence-corrected chi connectivity index (χ0v) is 14.6. The molecule has 2 aliphatic rings. The van der Waals surface area contributed by atoms with Gasteiger partial charge in [-0.25, -0.2) is 0 Å². The standard InChI is InChI=1S/C19H15N3O6/c23-17(16-10-26-12-3-1-2-4-14(12)27-16)20-19-22-21-18(28-19)11-5-6-13-15(9-11)25-8-7-24-13/h1-6,9,16H,7-8,10H2,(H,20,22,23).